The molecule has 0 saturated heterocycles. The summed E-state index contributed by atoms with van der Waals surface area (Å²) < 4.78 is 10.4. The number of hydrogen-bond donors (Lipinski definition) is 2. The predicted molar refractivity (Wildman–Crippen MR) is 68.5 cm³/mol. The molecule has 1 heterocycles. The van der Waals surface area contributed by atoms with Gasteiger partial charge < -0.3 is 20.0 Å². The van der Waals surface area contributed by atoms with E-state index >= 15 is 0 Å². The molecule has 2 rings (SSSR count). The highest BCUT2D eigenvalue weighted by atomic mass is 16.5. The van der Waals surface area contributed by atoms with E-state index in [4.69, 9.17) is 14.9 Å². The summed E-state index contributed by atoms with van der Waals surface area (Å²) in [6.45, 7) is 0.328. The maximum atomic E-state index is 10.3. The van der Waals surface area contributed by atoms with Crippen LogP contribution in [0.2, 0.25) is 0 Å². The summed E-state index contributed by atoms with van der Waals surface area (Å²) in [7, 11) is 1.61. The van der Waals surface area contributed by atoms with E-state index in [-0.39, 0.29) is 5.92 Å². The summed E-state index contributed by atoms with van der Waals surface area (Å²) in [4.78, 5) is 0. The minimum atomic E-state index is -0.753. The first-order valence-electron chi connectivity index (χ1n) is 5.81. The number of benzene rings is 1. The topological polar surface area (TPSA) is 68.6 Å². The number of aliphatic hydroxyl groups excluding tert-OH is 1. The van der Waals surface area contributed by atoms with Crippen molar-refractivity contribution in [3.63, 3.8) is 0 Å². The summed E-state index contributed by atoms with van der Waals surface area (Å²) in [6.07, 6.45) is 0.787. The monoisotopic (exact) mass is 247 g/mol. The fraction of sp³-hybridized carbons (Fsp3) is 0.286. The van der Waals surface area contributed by atoms with Crippen LogP contribution in [0.1, 0.15) is 23.3 Å². The predicted octanol–water partition coefficient (Wildman–Crippen LogP) is 2.06. The van der Waals surface area contributed by atoms with Crippen molar-refractivity contribution in [1.82, 2.24) is 0 Å². The van der Waals surface area contributed by atoms with Gasteiger partial charge >= 0.3 is 0 Å². The van der Waals surface area contributed by atoms with Gasteiger partial charge in [-0.05, 0) is 29.8 Å². The molecule has 3 N–H and O–H groups in total. The Morgan fingerprint density at radius 2 is 2.17 bits per heavy atom. The van der Waals surface area contributed by atoms with E-state index in [1.807, 2.05) is 24.3 Å². The van der Waals surface area contributed by atoms with Crippen LogP contribution in [0.4, 0.5) is 0 Å². The molecular formula is C14H17NO3. The van der Waals surface area contributed by atoms with Gasteiger partial charge in [0.25, 0.3) is 0 Å². The van der Waals surface area contributed by atoms with Crippen LogP contribution in [0.15, 0.2) is 47.1 Å². The lowest BCUT2D eigenvalue weighted by molar-refractivity contribution is 0.122. The average molecular weight is 247 g/mol. The number of ether oxygens (including phenoxy) is 1. The molecular weight excluding hydrogens is 230 g/mol. The SMILES string of the molecule is COc1cccc(C(CN)C(O)c2ccco2)c1. The molecule has 0 aliphatic heterocycles. The van der Waals surface area contributed by atoms with Crippen LogP contribution in [0.25, 0.3) is 0 Å². The van der Waals surface area contributed by atoms with Crippen molar-refractivity contribution in [2.45, 2.75) is 12.0 Å². The van der Waals surface area contributed by atoms with E-state index < -0.39 is 6.10 Å². The summed E-state index contributed by atoms with van der Waals surface area (Å²) >= 11 is 0. The zero-order valence-electron chi connectivity index (χ0n) is 10.2. The highest BCUT2D eigenvalue weighted by Crippen LogP contribution is 2.31. The van der Waals surface area contributed by atoms with Gasteiger partial charge in [0.2, 0.25) is 0 Å². The number of rotatable bonds is 5. The fourth-order valence-corrected chi connectivity index (χ4v) is 1.98. The number of nitrogens with two attached hydrogens (primary N) is 1. The van der Waals surface area contributed by atoms with Gasteiger partial charge in [-0.15, -0.1) is 0 Å². The van der Waals surface area contributed by atoms with E-state index in [1.165, 1.54) is 6.26 Å². The summed E-state index contributed by atoms with van der Waals surface area (Å²) in [5, 5.41) is 10.3. The maximum Gasteiger partial charge on any atom is 0.132 e. The van der Waals surface area contributed by atoms with Crippen molar-refractivity contribution in [3.05, 3.63) is 54.0 Å². The normalized spacial score (nSPS) is 14.2. The molecule has 2 atom stereocenters. The molecule has 0 aliphatic carbocycles. The molecule has 4 heteroatoms. The molecule has 0 spiro atoms. The molecule has 0 saturated carbocycles. The minimum absolute atomic E-state index is 0.216. The Balaban J connectivity index is 2.27. The van der Waals surface area contributed by atoms with Gasteiger partial charge in [0.05, 0.1) is 13.4 Å². The largest absolute Gasteiger partial charge is 0.497 e. The van der Waals surface area contributed by atoms with Crippen LogP contribution >= 0.6 is 0 Å². The van der Waals surface area contributed by atoms with Crippen molar-refractivity contribution < 1.29 is 14.3 Å². The number of hydrogen-bond acceptors (Lipinski definition) is 4. The van der Waals surface area contributed by atoms with E-state index in [1.54, 1.807) is 19.2 Å². The van der Waals surface area contributed by atoms with Gasteiger partial charge in [-0.2, -0.15) is 0 Å². The van der Waals surface area contributed by atoms with Crippen LogP contribution in [-0.2, 0) is 0 Å². The van der Waals surface area contributed by atoms with Crippen molar-refractivity contribution >= 4 is 0 Å². The summed E-state index contributed by atoms with van der Waals surface area (Å²) in [5.41, 5.74) is 6.69. The fourth-order valence-electron chi connectivity index (χ4n) is 1.98. The zero-order chi connectivity index (χ0) is 13.0. The zero-order valence-corrected chi connectivity index (χ0v) is 10.2. The van der Waals surface area contributed by atoms with Gasteiger partial charge in [0.15, 0.2) is 0 Å². The molecule has 0 radical (unpaired) electrons. The van der Waals surface area contributed by atoms with Crippen molar-refractivity contribution in [1.29, 1.82) is 0 Å². The summed E-state index contributed by atoms with van der Waals surface area (Å²) in [5.74, 6) is 1.05. The quantitative estimate of drug-likeness (QED) is 0.848. The Labute approximate surface area is 106 Å². The number of furan rings is 1. The highest BCUT2D eigenvalue weighted by molar-refractivity contribution is 5.32. The summed E-state index contributed by atoms with van der Waals surface area (Å²) in [6, 6.07) is 11.0. The molecule has 2 aromatic rings. The first-order chi connectivity index (χ1) is 8.76. The molecule has 0 bridgehead atoms. The Hall–Kier alpha value is -1.78. The molecule has 4 nitrogen and oxygen atoms in total. The highest BCUT2D eigenvalue weighted by Gasteiger charge is 2.23. The number of methoxy groups -OCH3 is 1. The van der Waals surface area contributed by atoms with Gasteiger partial charge in [-0.3, -0.25) is 0 Å². The lowest BCUT2D eigenvalue weighted by Gasteiger charge is -2.20. The first-order valence-corrected chi connectivity index (χ1v) is 5.81. The second-order valence-corrected chi connectivity index (χ2v) is 4.08. The molecule has 0 amide bonds. The Morgan fingerprint density at radius 1 is 1.33 bits per heavy atom. The lowest BCUT2D eigenvalue weighted by Crippen LogP contribution is -2.19. The smallest absolute Gasteiger partial charge is 0.132 e. The second-order valence-electron chi connectivity index (χ2n) is 4.08. The van der Waals surface area contributed by atoms with Crippen LogP contribution in [0, 0.1) is 0 Å². The van der Waals surface area contributed by atoms with Gasteiger partial charge in [-0.25, -0.2) is 0 Å². The van der Waals surface area contributed by atoms with Crippen LogP contribution < -0.4 is 10.5 Å². The molecule has 1 aromatic carbocycles. The third kappa shape index (κ3) is 2.55. The molecule has 0 fully saturated rings. The molecule has 0 aliphatic rings. The molecule has 2 unspecified atom stereocenters. The van der Waals surface area contributed by atoms with E-state index in [9.17, 15) is 5.11 Å². The van der Waals surface area contributed by atoms with E-state index in [0.717, 1.165) is 11.3 Å². The third-order valence-electron chi connectivity index (χ3n) is 2.99. The first kappa shape index (κ1) is 12.7. The maximum absolute atomic E-state index is 10.3. The van der Waals surface area contributed by atoms with E-state index in [2.05, 4.69) is 0 Å². The third-order valence-corrected chi connectivity index (χ3v) is 2.99. The van der Waals surface area contributed by atoms with Gasteiger partial charge in [-0.1, -0.05) is 12.1 Å². The Morgan fingerprint density at radius 3 is 2.78 bits per heavy atom. The van der Waals surface area contributed by atoms with Gasteiger partial charge in [0, 0.05) is 12.5 Å². The standard InChI is InChI=1S/C14H17NO3/c1-17-11-5-2-4-10(8-11)12(9-15)14(16)13-6-3-7-18-13/h2-8,12,14,16H,9,15H2,1H3. The Kier molecular flexibility index (Phi) is 4.02. The molecule has 18 heavy (non-hydrogen) atoms. The lowest BCUT2D eigenvalue weighted by atomic mass is 9.92. The van der Waals surface area contributed by atoms with Gasteiger partial charge in [0.1, 0.15) is 17.6 Å². The van der Waals surface area contributed by atoms with Crippen LogP contribution in [0.3, 0.4) is 0 Å². The van der Waals surface area contributed by atoms with Crippen molar-refractivity contribution in [2.24, 2.45) is 5.73 Å². The average Bonchev–Trinajstić information content (AvgIpc) is 2.93. The Bertz CT molecular complexity index is 482. The molecule has 1 aromatic heterocycles. The minimum Gasteiger partial charge on any atom is -0.497 e. The van der Waals surface area contributed by atoms with Crippen molar-refractivity contribution in [3.8, 4) is 5.75 Å². The second kappa shape index (κ2) is 5.71. The number of aliphatic hydroxyl groups is 1. The van der Waals surface area contributed by atoms with Crippen LogP contribution in [0.5, 0.6) is 5.75 Å². The van der Waals surface area contributed by atoms with Crippen LogP contribution in [-0.4, -0.2) is 18.8 Å². The van der Waals surface area contributed by atoms with E-state index in [0.29, 0.717) is 12.3 Å². The van der Waals surface area contributed by atoms with Crippen molar-refractivity contribution in [2.75, 3.05) is 13.7 Å². The molecule has 96 valence electrons.